The van der Waals surface area contributed by atoms with Gasteiger partial charge in [0.2, 0.25) is 0 Å². The van der Waals surface area contributed by atoms with E-state index in [2.05, 4.69) is 20.8 Å². The standard InChI is InChI=1S/C11H14BrNO3S/c12-10-7-8(5-6-16-13)1-4-11(10)17(14,15)9-2-3-9/h1,4,7,9H,2-3,5-6,13H2. The van der Waals surface area contributed by atoms with Crippen LogP contribution in [0.2, 0.25) is 0 Å². The minimum Gasteiger partial charge on any atom is -0.304 e. The van der Waals surface area contributed by atoms with Gasteiger partial charge in [-0.15, -0.1) is 0 Å². The van der Waals surface area contributed by atoms with E-state index >= 15 is 0 Å². The minimum absolute atomic E-state index is 0.183. The number of hydrogen-bond acceptors (Lipinski definition) is 4. The van der Waals surface area contributed by atoms with Crippen molar-refractivity contribution in [3.63, 3.8) is 0 Å². The Kier molecular flexibility index (Phi) is 3.87. The topological polar surface area (TPSA) is 69.4 Å². The maximum absolute atomic E-state index is 12.1. The molecule has 0 aliphatic heterocycles. The summed E-state index contributed by atoms with van der Waals surface area (Å²) in [6.45, 7) is 0.418. The molecule has 94 valence electrons. The second-order valence-corrected chi connectivity index (χ2v) is 7.18. The van der Waals surface area contributed by atoms with Crippen LogP contribution in [0.15, 0.2) is 27.6 Å². The molecule has 0 amide bonds. The van der Waals surface area contributed by atoms with Crippen molar-refractivity contribution < 1.29 is 13.3 Å². The van der Waals surface area contributed by atoms with Gasteiger partial charge in [-0.05, 0) is 52.9 Å². The Hall–Kier alpha value is -0.430. The van der Waals surface area contributed by atoms with Gasteiger partial charge in [-0.1, -0.05) is 6.07 Å². The minimum atomic E-state index is -3.14. The lowest BCUT2D eigenvalue weighted by atomic mass is 10.2. The van der Waals surface area contributed by atoms with Gasteiger partial charge in [0.25, 0.3) is 0 Å². The van der Waals surface area contributed by atoms with Crippen molar-refractivity contribution >= 4 is 25.8 Å². The summed E-state index contributed by atoms with van der Waals surface area (Å²) in [4.78, 5) is 4.88. The Morgan fingerprint density at radius 2 is 2.12 bits per heavy atom. The average molecular weight is 320 g/mol. The highest BCUT2D eigenvalue weighted by molar-refractivity contribution is 9.10. The first-order chi connectivity index (χ1) is 8.05. The van der Waals surface area contributed by atoms with Gasteiger partial charge in [0.15, 0.2) is 9.84 Å². The van der Waals surface area contributed by atoms with Crippen LogP contribution in [0.5, 0.6) is 0 Å². The van der Waals surface area contributed by atoms with Gasteiger partial charge in [-0.25, -0.2) is 14.3 Å². The van der Waals surface area contributed by atoms with Crippen molar-refractivity contribution in [2.24, 2.45) is 5.90 Å². The van der Waals surface area contributed by atoms with E-state index in [0.717, 1.165) is 18.4 Å². The normalized spacial score (nSPS) is 16.1. The monoisotopic (exact) mass is 319 g/mol. The van der Waals surface area contributed by atoms with Crippen LogP contribution in [-0.4, -0.2) is 20.3 Å². The highest BCUT2D eigenvalue weighted by Crippen LogP contribution is 2.36. The van der Waals surface area contributed by atoms with E-state index in [0.29, 0.717) is 22.4 Å². The van der Waals surface area contributed by atoms with Crippen molar-refractivity contribution in [1.82, 2.24) is 0 Å². The second-order valence-electron chi connectivity index (χ2n) is 4.13. The molecule has 0 unspecified atom stereocenters. The van der Waals surface area contributed by atoms with E-state index < -0.39 is 9.84 Å². The molecule has 0 spiro atoms. The predicted molar refractivity (Wildman–Crippen MR) is 68.2 cm³/mol. The molecule has 1 aliphatic rings. The summed E-state index contributed by atoms with van der Waals surface area (Å²) in [6.07, 6.45) is 2.22. The van der Waals surface area contributed by atoms with E-state index in [9.17, 15) is 8.42 Å². The number of nitrogens with two attached hydrogens (primary N) is 1. The van der Waals surface area contributed by atoms with Crippen LogP contribution in [0.25, 0.3) is 0 Å². The molecule has 0 heterocycles. The zero-order chi connectivity index (χ0) is 12.5. The molecular formula is C11H14BrNO3S. The fourth-order valence-corrected chi connectivity index (χ4v) is 4.47. The lowest BCUT2D eigenvalue weighted by Gasteiger charge is -2.07. The summed E-state index contributed by atoms with van der Waals surface area (Å²) in [5.74, 6) is 4.95. The van der Waals surface area contributed by atoms with Gasteiger partial charge >= 0.3 is 0 Å². The van der Waals surface area contributed by atoms with Crippen molar-refractivity contribution in [2.45, 2.75) is 29.4 Å². The summed E-state index contributed by atoms with van der Waals surface area (Å²) >= 11 is 3.32. The molecule has 1 aliphatic carbocycles. The SMILES string of the molecule is NOCCc1ccc(S(=O)(=O)C2CC2)c(Br)c1. The lowest BCUT2D eigenvalue weighted by Crippen LogP contribution is -2.09. The Morgan fingerprint density at radius 1 is 1.41 bits per heavy atom. The van der Waals surface area contributed by atoms with E-state index in [4.69, 9.17) is 5.90 Å². The first kappa shape index (κ1) is 13.0. The molecule has 1 saturated carbocycles. The fourth-order valence-electron chi connectivity index (χ4n) is 1.67. The quantitative estimate of drug-likeness (QED) is 0.840. The van der Waals surface area contributed by atoms with Crippen LogP contribution < -0.4 is 5.90 Å². The van der Waals surface area contributed by atoms with Gasteiger partial charge < -0.3 is 4.84 Å². The van der Waals surface area contributed by atoms with Crippen LogP contribution >= 0.6 is 15.9 Å². The summed E-state index contributed by atoms with van der Waals surface area (Å²) in [6, 6.07) is 5.27. The maximum Gasteiger partial charge on any atom is 0.182 e. The number of sulfone groups is 1. The van der Waals surface area contributed by atoms with Crippen molar-refractivity contribution in [1.29, 1.82) is 0 Å². The molecule has 0 aromatic heterocycles. The summed E-state index contributed by atoms with van der Waals surface area (Å²) in [5.41, 5.74) is 0.997. The summed E-state index contributed by atoms with van der Waals surface area (Å²) in [7, 11) is -3.14. The number of rotatable bonds is 5. The van der Waals surface area contributed by atoms with E-state index in [1.54, 1.807) is 12.1 Å². The van der Waals surface area contributed by atoms with Gasteiger partial charge in [-0.2, -0.15) is 0 Å². The number of benzene rings is 1. The molecular weight excluding hydrogens is 306 g/mol. The zero-order valence-electron chi connectivity index (χ0n) is 9.23. The van der Waals surface area contributed by atoms with Gasteiger partial charge in [0.1, 0.15) is 0 Å². The van der Waals surface area contributed by atoms with Crippen LogP contribution in [0.4, 0.5) is 0 Å². The second kappa shape index (κ2) is 5.06. The fraction of sp³-hybridized carbons (Fsp3) is 0.455. The van der Waals surface area contributed by atoms with Crippen molar-refractivity contribution in [3.8, 4) is 0 Å². The molecule has 0 bridgehead atoms. The molecule has 17 heavy (non-hydrogen) atoms. The molecule has 1 aromatic carbocycles. The highest BCUT2D eigenvalue weighted by Gasteiger charge is 2.37. The van der Waals surface area contributed by atoms with Gasteiger partial charge in [-0.3, -0.25) is 0 Å². The zero-order valence-corrected chi connectivity index (χ0v) is 11.6. The molecule has 6 heteroatoms. The predicted octanol–water partition coefficient (Wildman–Crippen LogP) is 1.82. The molecule has 1 aromatic rings. The summed E-state index contributed by atoms with van der Waals surface area (Å²) in [5, 5.41) is -0.183. The molecule has 4 nitrogen and oxygen atoms in total. The lowest BCUT2D eigenvalue weighted by molar-refractivity contribution is 0.141. The Balaban J connectivity index is 2.25. The van der Waals surface area contributed by atoms with Crippen molar-refractivity contribution in [2.75, 3.05) is 6.61 Å². The first-order valence-electron chi connectivity index (χ1n) is 5.39. The van der Waals surface area contributed by atoms with E-state index in [-0.39, 0.29) is 5.25 Å². The molecule has 0 radical (unpaired) electrons. The van der Waals surface area contributed by atoms with Crippen molar-refractivity contribution in [3.05, 3.63) is 28.2 Å². The maximum atomic E-state index is 12.1. The molecule has 1 fully saturated rings. The Morgan fingerprint density at radius 3 is 2.65 bits per heavy atom. The average Bonchev–Trinajstić information content (AvgIpc) is 3.10. The van der Waals surface area contributed by atoms with Crippen LogP contribution in [0.3, 0.4) is 0 Å². The van der Waals surface area contributed by atoms with Crippen LogP contribution in [-0.2, 0) is 21.1 Å². The Bertz CT molecular complexity index is 511. The first-order valence-corrected chi connectivity index (χ1v) is 7.73. The number of hydrogen-bond donors (Lipinski definition) is 1. The smallest absolute Gasteiger partial charge is 0.182 e. The molecule has 2 N–H and O–H groups in total. The molecule has 0 atom stereocenters. The van der Waals surface area contributed by atoms with E-state index in [1.165, 1.54) is 0 Å². The molecule has 2 rings (SSSR count). The molecule has 0 saturated heterocycles. The largest absolute Gasteiger partial charge is 0.304 e. The number of halogens is 1. The Labute approximate surface area is 109 Å². The van der Waals surface area contributed by atoms with Crippen LogP contribution in [0, 0.1) is 0 Å². The van der Waals surface area contributed by atoms with E-state index in [1.807, 2.05) is 6.07 Å². The third-order valence-corrected chi connectivity index (χ3v) is 6.01. The van der Waals surface area contributed by atoms with Gasteiger partial charge in [0.05, 0.1) is 16.8 Å². The summed E-state index contributed by atoms with van der Waals surface area (Å²) < 4.78 is 24.8. The third kappa shape index (κ3) is 2.88. The third-order valence-electron chi connectivity index (χ3n) is 2.77. The van der Waals surface area contributed by atoms with Gasteiger partial charge in [0, 0.05) is 4.47 Å². The highest BCUT2D eigenvalue weighted by atomic mass is 79.9. The van der Waals surface area contributed by atoms with Crippen LogP contribution in [0.1, 0.15) is 18.4 Å².